The first kappa shape index (κ1) is 12.8. The van der Waals surface area contributed by atoms with E-state index in [1.54, 1.807) is 0 Å². The molecule has 0 fully saturated rings. The van der Waals surface area contributed by atoms with Crippen molar-refractivity contribution in [2.45, 2.75) is 20.8 Å². The molecule has 0 spiro atoms. The van der Waals surface area contributed by atoms with Gasteiger partial charge in [0.1, 0.15) is 0 Å². The molecule has 0 unspecified atom stereocenters. The van der Waals surface area contributed by atoms with Crippen LogP contribution in [-0.4, -0.2) is 0 Å². The van der Waals surface area contributed by atoms with Crippen LogP contribution >= 0.6 is 11.6 Å². The van der Waals surface area contributed by atoms with Gasteiger partial charge in [-0.3, -0.25) is 0 Å². The standard InChI is InChI=1S/C9H12.C6H5Cl/c1-7-5-4-6-8(2)9(7)3;7-6-4-2-1-3-5-6/h4-6H,1-3H3;1-5H. The minimum atomic E-state index is 0.794. The van der Waals surface area contributed by atoms with Gasteiger partial charge in [-0.05, 0) is 49.6 Å². The van der Waals surface area contributed by atoms with Crippen molar-refractivity contribution in [1.29, 1.82) is 0 Å². The molecule has 16 heavy (non-hydrogen) atoms. The van der Waals surface area contributed by atoms with Gasteiger partial charge in [0.15, 0.2) is 0 Å². The molecule has 0 saturated carbocycles. The van der Waals surface area contributed by atoms with Crippen molar-refractivity contribution in [3.8, 4) is 0 Å². The van der Waals surface area contributed by atoms with Crippen LogP contribution in [0.4, 0.5) is 0 Å². The van der Waals surface area contributed by atoms with Crippen molar-refractivity contribution in [1.82, 2.24) is 0 Å². The van der Waals surface area contributed by atoms with Crippen LogP contribution in [0.3, 0.4) is 0 Å². The first-order valence-corrected chi connectivity index (χ1v) is 5.72. The molecule has 0 amide bonds. The number of hydrogen-bond donors (Lipinski definition) is 0. The fourth-order valence-electron chi connectivity index (χ4n) is 1.31. The first-order valence-electron chi connectivity index (χ1n) is 5.34. The van der Waals surface area contributed by atoms with E-state index < -0.39 is 0 Å². The Morgan fingerprint density at radius 1 is 0.688 bits per heavy atom. The molecule has 2 rings (SSSR count). The SMILES string of the molecule is Cc1cccc(C)c1C.Clc1ccccc1. The Balaban J connectivity index is 0.000000165. The molecule has 2 aromatic carbocycles. The van der Waals surface area contributed by atoms with Crippen LogP contribution in [0.2, 0.25) is 5.02 Å². The minimum Gasteiger partial charge on any atom is -0.0843 e. The van der Waals surface area contributed by atoms with Gasteiger partial charge in [0.05, 0.1) is 0 Å². The van der Waals surface area contributed by atoms with Gasteiger partial charge in [-0.15, -0.1) is 0 Å². The molecule has 0 saturated heterocycles. The zero-order valence-corrected chi connectivity index (χ0v) is 10.8. The van der Waals surface area contributed by atoms with E-state index in [1.165, 1.54) is 16.7 Å². The predicted octanol–water partition coefficient (Wildman–Crippen LogP) is 4.95. The van der Waals surface area contributed by atoms with Crippen LogP contribution in [0.1, 0.15) is 16.7 Å². The Morgan fingerprint density at radius 3 is 1.50 bits per heavy atom. The van der Waals surface area contributed by atoms with Gasteiger partial charge in [-0.25, -0.2) is 0 Å². The van der Waals surface area contributed by atoms with Crippen LogP contribution in [0, 0.1) is 20.8 Å². The van der Waals surface area contributed by atoms with Gasteiger partial charge >= 0.3 is 0 Å². The Labute approximate surface area is 103 Å². The van der Waals surface area contributed by atoms with E-state index in [0.29, 0.717) is 0 Å². The van der Waals surface area contributed by atoms with Crippen molar-refractivity contribution in [2.24, 2.45) is 0 Å². The molecule has 0 N–H and O–H groups in total. The first-order chi connectivity index (χ1) is 7.61. The molecule has 0 heterocycles. The van der Waals surface area contributed by atoms with E-state index in [2.05, 4.69) is 39.0 Å². The van der Waals surface area contributed by atoms with E-state index in [-0.39, 0.29) is 0 Å². The minimum absolute atomic E-state index is 0.794. The molecule has 0 aromatic heterocycles. The molecule has 84 valence electrons. The maximum absolute atomic E-state index is 5.54. The van der Waals surface area contributed by atoms with Crippen molar-refractivity contribution < 1.29 is 0 Å². The molecule has 0 atom stereocenters. The van der Waals surface area contributed by atoms with E-state index in [0.717, 1.165) is 5.02 Å². The number of hydrogen-bond acceptors (Lipinski definition) is 0. The van der Waals surface area contributed by atoms with E-state index in [9.17, 15) is 0 Å². The zero-order valence-electron chi connectivity index (χ0n) is 10.00. The molecular formula is C15H17Cl. The quantitative estimate of drug-likeness (QED) is 0.603. The summed E-state index contributed by atoms with van der Waals surface area (Å²) in [7, 11) is 0. The van der Waals surface area contributed by atoms with Crippen molar-refractivity contribution >= 4 is 11.6 Å². The summed E-state index contributed by atoms with van der Waals surface area (Å²) < 4.78 is 0. The third-order valence-electron chi connectivity index (χ3n) is 2.61. The normalized spacial score (nSPS) is 9.25. The monoisotopic (exact) mass is 232 g/mol. The van der Waals surface area contributed by atoms with E-state index in [1.807, 2.05) is 30.3 Å². The van der Waals surface area contributed by atoms with Crippen LogP contribution in [0.25, 0.3) is 0 Å². The van der Waals surface area contributed by atoms with E-state index in [4.69, 9.17) is 11.6 Å². The Hall–Kier alpha value is -1.27. The molecule has 2 aromatic rings. The van der Waals surface area contributed by atoms with Crippen molar-refractivity contribution in [3.05, 3.63) is 70.2 Å². The number of halogens is 1. The number of rotatable bonds is 0. The van der Waals surface area contributed by atoms with Gasteiger partial charge in [0.2, 0.25) is 0 Å². The van der Waals surface area contributed by atoms with Crippen LogP contribution in [-0.2, 0) is 0 Å². The molecule has 0 aliphatic heterocycles. The summed E-state index contributed by atoms with van der Waals surface area (Å²) in [5, 5.41) is 0.794. The second-order valence-corrected chi connectivity index (χ2v) is 4.25. The molecule has 0 nitrogen and oxygen atoms in total. The van der Waals surface area contributed by atoms with Crippen molar-refractivity contribution in [2.75, 3.05) is 0 Å². The van der Waals surface area contributed by atoms with Gasteiger partial charge in [0.25, 0.3) is 0 Å². The highest BCUT2D eigenvalue weighted by atomic mass is 35.5. The Morgan fingerprint density at radius 2 is 1.19 bits per heavy atom. The maximum atomic E-state index is 5.54. The van der Waals surface area contributed by atoms with Gasteiger partial charge < -0.3 is 0 Å². The topological polar surface area (TPSA) is 0 Å². The summed E-state index contributed by atoms with van der Waals surface area (Å²) in [5.74, 6) is 0. The summed E-state index contributed by atoms with van der Waals surface area (Å²) in [6, 6.07) is 15.8. The smallest absolute Gasteiger partial charge is 0.0405 e. The van der Waals surface area contributed by atoms with Gasteiger partial charge in [-0.2, -0.15) is 0 Å². The number of aryl methyl sites for hydroxylation is 2. The average Bonchev–Trinajstić information content (AvgIpc) is 2.28. The van der Waals surface area contributed by atoms with Crippen LogP contribution < -0.4 is 0 Å². The summed E-state index contributed by atoms with van der Waals surface area (Å²) >= 11 is 5.54. The third-order valence-corrected chi connectivity index (χ3v) is 2.86. The Bertz CT molecular complexity index is 412. The molecule has 0 radical (unpaired) electrons. The lowest BCUT2D eigenvalue weighted by Gasteiger charge is -2.00. The molecule has 0 bridgehead atoms. The lowest BCUT2D eigenvalue weighted by molar-refractivity contribution is 1.27. The largest absolute Gasteiger partial charge is 0.0843 e. The molecular weight excluding hydrogens is 216 g/mol. The van der Waals surface area contributed by atoms with Crippen molar-refractivity contribution in [3.63, 3.8) is 0 Å². The second kappa shape index (κ2) is 6.34. The Kier molecular flexibility index (Phi) is 5.07. The molecule has 1 heteroatoms. The number of benzene rings is 2. The van der Waals surface area contributed by atoms with Crippen LogP contribution in [0.5, 0.6) is 0 Å². The summed E-state index contributed by atoms with van der Waals surface area (Å²) in [4.78, 5) is 0. The highest BCUT2D eigenvalue weighted by Gasteiger charge is 1.91. The summed E-state index contributed by atoms with van der Waals surface area (Å²) in [6.45, 7) is 6.44. The fraction of sp³-hybridized carbons (Fsp3) is 0.200. The molecule has 0 aliphatic rings. The highest BCUT2D eigenvalue weighted by molar-refractivity contribution is 6.30. The third kappa shape index (κ3) is 4.08. The lowest BCUT2D eigenvalue weighted by atomic mass is 10.1. The predicted molar refractivity (Wildman–Crippen MR) is 72.1 cm³/mol. The zero-order chi connectivity index (χ0) is 12.0. The average molecular weight is 233 g/mol. The van der Waals surface area contributed by atoms with Gasteiger partial charge in [0, 0.05) is 5.02 Å². The fourth-order valence-corrected chi connectivity index (χ4v) is 1.46. The maximum Gasteiger partial charge on any atom is 0.0405 e. The van der Waals surface area contributed by atoms with Gasteiger partial charge in [-0.1, -0.05) is 48.0 Å². The van der Waals surface area contributed by atoms with Crippen LogP contribution in [0.15, 0.2) is 48.5 Å². The second-order valence-electron chi connectivity index (χ2n) is 3.81. The highest BCUT2D eigenvalue weighted by Crippen LogP contribution is 2.09. The van der Waals surface area contributed by atoms with E-state index >= 15 is 0 Å². The summed E-state index contributed by atoms with van der Waals surface area (Å²) in [6.07, 6.45) is 0. The molecule has 0 aliphatic carbocycles. The lowest BCUT2D eigenvalue weighted by Crippen LogP contribution is -1.82. The summed E-state index contributed by atoms with van der Waals surface area (Å²) in [5.41, 5.74) is 4.18.